The molecule has 4 heterocycles. The Morgan fingerprint density at radius 3 is 2.66 bits per heavy atom. The molecule has 186 valence electrons. The molecule has 0 aromatic carbocycles. The monoisotopic (exact) mass is 495 g/mol. The number of carbonyl (C=O) groups excluding carboxylic acids is 1. The highest BCUT2D eigenvalue weighted by Crippen LogP contribution is 2.21. The molecule has 0 atom stereocenters. The molecule has 1 aliphatic heterocycles. The van der Waals surface area contributed by atoms with Crippen LogP contribution in [0.5, 0.6) is 0 Å². The number of rotatable bonds is 7. The van der Waals surface area contributed by atoms with E-state index in [2.05, 4.69) is 18.4 Å². The van der Waals surface area contributed by atoms with Gasteiger partial charge in [-0.3, -0.25) is 9.20 Å². The third kappa shape index (κ3) is 6.38. The van der Waals surface area contributed by atoms with Crippen molar-refractivity contribution in [1.82, 2.24) is 9.38 Å². The van der Waals surface area contributed by atoms with E-state index >= 15 is 0 Å². The quantitative estimate of drug-likeness (QED) is 0.360. The number of aromatic nitrogens is 2. The van der Waals surface area contributed by atoms with E-state index in [9.17, 15) is 9.59 Å². The first-order chi connectivity index (χ1) is 16.7. The van der Waals surface area contributed by atoms with Crippen LogP contribution >= 0.6 is 11.3 Å². The highest BCUT2D eigenvalue weighted by atomic mass is 32.1. The fraction of sp³-hybridized carbons (Fsp3) is 0.444. The lowest BCUT2D eigenvalue weighted by atomic mass is 10.1. The number of fused-ring (bicyclic) bond motifs is 1. The number of anilines is 1. The first kappa shape index (κ1) is 25.1. The summed E-state index contributed by atoms with van der Waals surface area (Å²) in [6, 6.07) is 6.23. The smallest absolute Gasteiger partial charge is 0.331 e. The summed E-state index contributed by atoms with van der Waals surface area (Å²) in [5.74, 6) is 0.0752. The Hall–Kier alpha value is -2.97. The molecular weight excluding hydrogens is 462 g/mol. The molecule has 0 aliphatic carbocycles. The van der Waals surface area contributed by atoms with Gasteiger partial charge in [-0.2, -0.15) is 0 Å². The Morgan fingerprint density at radius 2 is 1.97 bits per heavy atom. The Balaban J connectivity index is 1.67. The van der Waals surface area contributed by atoms with Gasteiger partial charge in [0.1, 0.15) is 17.1 Å². The second kappa shape index (κ2) is 10.7. The second-order valence-electron chi connectivity index (χ2n) is 9.66. The van der Waals surface area contributed by atoms with Crippen LogP contribution in [0.15, 0.2) is 40.6 Å². The zero-order chi connectivity index (χ0) is 25.0. The van der Waals surface area contributed by atoms with Crippen molar-refractivity contribution < 1.29 is 14.3 Å². The van der Waals surface area contributed by atoms with Gasteiger partial charge in [-0.1, -0.05) is 6.92 Å². The molecule has 0 amide bonds. The molecule has 0 radical (unpaired) electrons. The number of esters is 1. The molecule has 0 spiro atoms. The molecule has 0 N–H and O–H groups in total. The average molecular weight is 496 g/mol. The van der Waals surface area contributed by atoms with Gasteiger partial charge in [-0.25, -0.2) is 9.78 Å². The van der Waals surface area contributed by atoms with E-state index < -0.39 is 11.6 Å². The fourth-order valence-corrected chi connectivity index (χ4v) is 4.97. The molecule has 3 aromatic rings. The third-order valence-corrected chi connectivity index (χ3v) is 6.83. The summed E-state index contributed by atoms with van der Waals surface area (Å²) in [6.07, 6.45) is 7.49. The lowest BCUT2D eigenvalue weighted by Gasteiger charge is -2.29. The van der Waals surface area contributed by atoms with Crippen LogP contribution in [0.1, 0.15) is 49.3 Å². The largest absolute Gasteiger partial charge is 0.457 e. The van der Waals surface area contributed by atoms with Crippen LogP contribution in [0.25, 0.3) is 11.7 Å². The summed E-state index contributed by atoms with van der Waals surface area (Å²) >= 11 is 1.80. The number of ether oxygens (including phenoxy) is 2. The van der Waals surface area contributed by atoms with Crippen LogP contribution in [0, 0.1) is 0 Å². The minimum absolute atomic E-state index is 0.214. The van der Waals surface area contributed by atoms with E-state index in [0.29, 0.717) is 43.3 Å². The van der Waals surface area contributed by atoms with Crippen molar-refractivity contribution in [2.24, 2.45) is 0 Å². The van der Waals surface area contributed by atoms with E-state index in [4.69, 9.17) is 14.5 Å². The van der Waals surface area contributed by atoms with Crippen molar-refractivity contribution in [2.75, 3.05) is 31.2 Å². The minimum atomic E-state index is -0.608. The molecule has 4 rings (SSSR count). The van der Waals surface area contributed by atoms with Crippen molar-refractivity contribution in [1.29, 1.82) is 0 Å². The summed E-state index contributed by atoms with van der Waals surface area (Å²) < 4.78 is 12.4. The summed E-state index contributed by atoms with van der Waals surface area (Å²) in [6.45, 7) is 9.99. The molecular formula is C27H33N3O4S. The van der Waals surface area contributed by atoms with E-state index in [1.165, 1.54) is 22.6 Å². The molecule has 1 saturated heterocycles. The van der Waals surface area contributed by atoms with Crippen LogP contribution in [0.3, 0.4) is 0 Å². The Kier molecular flexibility index (Phi) is 7.72. The first-order valence-corrected chi connectivity index (χ1v) is 13.0. The predicted molar refractivity (Wildman–Crippen MR) is 140 cm³/mol. The van der Waals surface area contributed by atoms with Gasteiger partial charge in [-0.05, 0) is 80.8 Å². The van der Waals surface area contributed by atoms with Crippen molar-refractivity contribution in [3.05, 3.63) is 67.8 Å². The lowest BCUT2D eigenvalue weighted by molar-refractivity contribution is -0.148. The van der Waals surface area contributed by atoms with Crippen molar-refractivity contribution >= 4 is 34.8 Å². The van der Waals surface area contributed by atoms with Gasteiger partial charge < -0.3 is 14.4 Å². The summed E-state index contributed by atoms with van der Waals surface area (Å²) in [4.78, 5) is 34.0. The van der Waals surface area contributed by atoms with E-state index in [1.807, 2.05) is 37.8 Å². The zero-order valence-corrected chi connectivity index (χ0v) is 21.7. The van der Waals surface area contributed by atoms with E-state index in [-0.39, 0.29) is 5.56 Å². The first-order valence-electron chi connectivity index (χ1n) is 12.1. The highest BCUT2D eigenvalue weighted by molar-refractivity contribution is 7.10. The Bertz CT molecular complexity index is 1280. The molecule has 1 aliphatic rings. The topological polar surface area (TPSA) is 73.1 Å². The molecule has 35 heavy (non-hydrogen) atoms. The molecule has 3 aromatic heterocycles. The van der Waals surface area contributed by atoms with Crippen molar-refractivity contribution in [3.8, 4) is 0 Å². The highest BCUT2D eigenvalue weighted by Gasteiger charge is 2.20. The Labute approximate surface area is 210 Å². The van der Waals surface area contributed by atoms with Crippen molar-refractivity contribution in [3.63, 3.8) is 0 Å². The number of hydrogen-bond acceptors (Lipinski definition) is 7. The van der Waals surface area contributed by atoms with Crippen LogP contribution in [0.4, 0.5) is 5.82 Å². The number of aryl methyl sites for hydroxylation is 3. The maximum Gasteiger partial charge on any atom is 0.331 e. The fourth-order valence-electron chi connectivity index (χ4n) is 4.00. The van der Waals surface area contributed by atoms with Gasteiger partial charge >= 0.3 is 5.97 Å². The van der Waals surface area contributed by atoms with Gasteiger partial charge in [0.25, 0.3) is 5.56 Å². The lowest BCUT2D eigenvalue weighted by Crippen LogP contribution is -2.38. The molecule has 8 heteroatoms. The second-order valence-corrected chi connectivity index (χ2v) is 10.7. The maximum absolute atomic E-state index is 13.5. The average Bonchev–Trinajstić information content (AvgIpc) is 3.29. The van der Waals surface area contributed by atoms with Crippen LogP contribution in [-0.2, 0) is 33.5 Å². The van der Waals surface area contributed by atoms with Crippen LogP contribution in [0.2, 0.25) is 0 Å². The molecule has 7 nitrogen and oxygen atoms in total. The summed E-state index contributed by atoms with van der Waals surface area (Å²) in [7, 11) is 0. The molecule has 0 unspecified atom stereocenters. The van der Waals surface area contributed by atoms with E-state index in [0.717, 1.165) is 24.8 Å². The normalized spacial score (nSPS) is 14.7. The molecule has 1 fully saturated rings. The van der Waals surface area contributed by atoms with Crippen molar-refractivity contribution in [2.45, 2.75) is 52.6 Å². The predicted octanol–water partition coefficient (Wildman–Crippen LogP) is 4.30. The third-order valence-electron chi connectivity index (χ3n) is 5.79. The number of thiophene rings is 1. The van der Waals surface area contributed by atoms with Gasteiger partial charge in [0.15, 0.2) is 0 Å². The van der Waals surface area contributed by atoms with Gasteiger partial charge in [-0.15, -0.1) is 11.3 Å². The zero-order valence-electron chi connectivity index (χ0n) is 20.9. The summed E-state index contributed by atoms with van der Waals surface area (Å²) in [5.41, 5.74) is 2.65. The molecule has 0 saturated carbocycles. The van der Waals surface area contributed by atoms with E-state index in [1.54, 1.807) is 21.9 Å². The summed E-state index contributed by atoms with van der Waals surface area (Å²) in [5, 5.41) is 2.22. The number of morpholine rings is 1. The minimum Gasteiger partial charge on any atom is -0.457 e. The van der Waals surface area contributed by atoms with Crippen LogP contribution in [-0.4, -0.2) is 47.3 Å². The number of hydrogen-bond donors (Lipinski definition) is 0. The number of pyridine rings is 1. The standard InChI is InChI=1S/C27H33N3O4S/c1-5-19-16-21(35-18-19)7-6-20-10-11-30-23(17-20)28-25(29-12-14-33-15-13-29)22(26(30)32)8-9-24(31)34-27(2,3)4/h8-11,16-18H,5-7,12-15H2,1-4H3. The maximum atomic E-state index is 13.5. The SMILES string of the molecule is CCc1csc(CCc2ccn3c(=O)c(C=CC(=O)OC(C)(C)C)c(N4CCOCC4)nc3c2)c1. The van der Waals surface area contributed by atoms with Gasteiger partial charge in [0.2, 0.25) is 0 Å². The number of nitrogens with zero attached hydrogens (tertiary/aromatic N) is 3. The van der Waals surface area contributed by atoms with Crippen LogP contribution < -0.4 is 10.5 Å². The Morgan fingerprint density at radius 1 is 1.20 bits per heavy atom. The van der Waals surface area contributed by atoms with Gasteiger partial charge in [0, 0.05) is 30.2 Å². The van der Waals surface area contributed by atoms with Gasteiger partial charge in [0.05, 0.1) is 18.8 Å². The number of carbonyl (C=O) groups is 1. The molecule has 0 bridgehead atoms.